The molecule has 0 saturated carbocycles. The van der Waals surface area contributed by atoms with Crippen molar-refractivity contribution in [3.05, 3.63) is 0 Å². The molecule has 2 atom stereocenters. The van der Waals surface area contributed by atoms with Gasteiger partial charge in [-0.2, -0.15) is 0 Å². The maximum absolute atomic E-state index is 5.70. The fourth-order valence-electron chi connectivity index (χ4n) is 3.50. The van der Waals surface area contributed by atoms with E-state index in [4.69, 9.17) is 4.74 Å². The number of hydrogen-bond donors (Lipinski definition) is 1. The van der Waals surface area contributed by atoms with Gasteiger partial charge in [-0.15, -0.1) is 0 Å². The Balaban J connectivity index is 1.86. The number of rotatable bonds is 4. The Labute approximate surface area is 112 Å². The van der Waals surface area contributed by atoms with Crippen molar-refractivity contribution >= 4 is 0 Å². The van der Waals surface area contributed by atoms with Gasteiger partial charge in [-0.3, -0.25) is 4.90 Å². The molecular weight excluding hydrogens is 224 g/mol. The van der Waals surface area contributed by atoms with Crippen molar-refractivity contribution in [2.45, 2.75) is 52.1 Å². The Morgan fingerprint density at radius 3 is 2.56 bits per heavy atom. The van der Waals surface area contributed by atoms with Gasteiger partial charge < -0.3 is 10.1 Å². The predicted molar refractivity (Wildman–Crippen MR) is 75.8 cm³/mol. The van der Waals surface area contributed by atoms with Gasteiger partial charge in [-0.25, -0.2) is 0 Å². The first kappa shape index (κ1) is 14.3. The van der Waals surface area contributed by atoms with E-state index < -0.39 is 0 Å². The summed E-state index contributed by atoms with van der Waals surface area (Å²) in [6.45, 7) is 12.4. The summed E-state index contributed by atoms with van der Waals surface area (Å²) in [6, 6.07) is 1.24. The summed E-state index contributed by atoms with van der Waals surface area (Å²) in [5.74, 6) is 1.78. The van der Waals surface area contributed by atoms with Crippen LogP contribution < -0.4 is 5.32 Å². The molecule has 2 aliphatic heterocycles. The summed E-state index contributed by atoms with van der Waals surface area (Å²) in [7, 11) is 0. The molecule has 3 heteroatoms. The third-order valence-corrected chi connectivity index (χ3v) is 4.78. The summed E-state index contributed by atoms with van der Waals surface area (Å²) in [5.41, 5.74) is 0. The van der Waals surface area contributed by atoms with E-state index in [9.17, 15) is 0 Å². The molecule has 18 heavy (non-hydrogen) atoms. The average molecular weight is 254 g/mol. The fourth-order valence-corrected chi connectivity index (χ4v) is 3.50. The fraction of sp³-hybridized carbons (Fsp3) is 1.00. The SMILES string of the molecule is CCNC1CCOCC1N1CCC(C(C)C)CC1. The van der Waals surface area contributed by atoms with Gasteiger partial charge in [0.25, 0.3) is 0 Å². The van der Waals surface area contributed by atoms with Crippen LogP contribution in [0.2, 0.25) is 0 Å². The zero-order valence-electron chi connectivity index (χ0n) is 12.3. The maximum atomic E-state index is 5.70. The smallest absolute Gasteiger partial charge is 0.0637 e. The first-order valence-electron chi connectivity index (χ1n) is 7.77. The number of hydrogen-bond acceptors (Lipinski definition) is 3. The molecule has 0 aromatic carbocycles. The number of likely N-dealkylation sites (tertiary alicyclic amines) is 1. The lowest BCUT2D eigenvalue weighted by molar-refractivity contribution is -0.0169. The molecule has 106 valence electrons. The quantitative estimate of drug-likeness (QED) is 0.832. The third-order valence-electron chi connectivity index (χ3n) is 4.78. The molecule has 2 aliphatic rings. The molecule has 0 bridgehead atoms. The number of nitrogens with one attached hydrogen (secondary N) is 1. The predicted octanol–water partition coefficient (Wildman–Crippen LogP) is 2.12. The summed E-state index contributed by atoms with van der Waals surface area (Å²) in [5, 5.41) is 3.64. The summed E-state index contributed by atoms with van der Waals surface area (Å²) in [4.78, 5) is 2.67. The van der Waals surface area contributed by atoms with Crippen molar-refractivity contribution in [3.8, 4) is 0 Å². The number of likely N-dealkylation sites (N-methyl/N-ethyl adjacent to an activating group) is 1. The van der Waals surface area contributed by atoms with Crippen molar-refractivity contribution in [2.75, 3.05) is 32.8 Å². The van der Waals surface area contributed by atoms with Crippen molar-refractivity contribution in [1.29, 1.82) is 0 Å². The van der Waals surface area contributed by atoms with Crippen LogP contribution in [0.3, 0.4) is 0 Å². The van der Waals surface area contributed by atoms with Crippen LogP contribution in [0, 0.1) is 11.8 Å². The van der Waals surface area contributed by atoms with Gasteiger partial charge in [0.2, 0.25) is 0 Å². The molecule has 2 fully saturated rings. The summed E-state index contributed by atoms with van der Waals surface area (Å²) in [6.07, 6.45) is 3.91. The van der Waals surface area contributed by atoms with E-state index in [0.29, 0.717) is 12.1 Å². The monoisotopic (exact) mass is 254 g/mol. The Morgan fingerprint density at radius 2 is 1.94 bits per heavy atom. The highest BCUT2D eigenvalue weighted by Crippen LogP contribution is 2.27. The van der Waals surface area contributed by atoms with Crippen molar-refractivity contribution < 1.29 is 4.74 Å². The highest BCUT2D eigenvalue weighted by Gasteiger charge is 2.33. The summed E-state index contributed by atoms with van der Waals surface area (Å²) >= 11 is 0. The van der Waals surface area contributed by atoms with Gasteiger partial charge >= 0.3 is 0 Å². The molecule has 0 aliphatic carbocycles. The maximum Gasteiger partial charge on any atom is 0.0637 e. The lowest BCUT2D eigenvalue weighted by Gasteiger charge is -2.44. The van der Waals surface area contributed by atoms with Crippen LogP contribution in [0.1, 0.15) is 40.0 Å². The van der Waals surface area contributed by atoms with Crippen LogP contribution in [0.4, 0.5) is 0 Å². The number of nitrogens with zero attached hydrogens (tertiary/aromatic N) is 1. The first-order chi connectivity index (χ1) is 8.72. The minimum absolute atomic E-state index is 0.604. The Bertz CT molecular complexity index is 235. The molecule has 0 aromatic rings. The normalized spacial score (nSPS) is 32.0. The van der Waals surface area contributed by atoms with Gasteiger partial charge in [0.05, 0.1) is 6.61 Å². The zero-order valence-corrected chi connectivity index (χ0v) is 12.3. The Hall–Kier alpha value is -0.120. The van der Waals surface area contributed by atoms with Gasteiger partial charge in [0.1, 0.15) is 0 Å². The molecule has 2 saturated heterocycles. The van der Waals surface area contributed by atoms with Crippen LogP contribution in [0.5, 0.6) is 0 Å². The lowest BCUT2D eigenvalue weighted by Crippen LogP contribution is -2.57. The van der Waals surface area contributed by atoms with Crippen LogP contribution >= 0.6 is 0 Å². The van der Waals surface area contributed by atoms with E-state index in [1.54, 1.807) is 0 Å². The van der Waals surface area contributed by atoms with E-state index >= 15 is 0 Å². The molecule has 2 unspecified atom stereocenters. The molecule has 0 spiro atoms. The molecule has 2 rings (SSSR count). The van der Waals surface area contributed by atoms with Crippen LogP contribution in [0.25, 0.3) is 0 Å². The van der Waals surface area contributed by atoms with E-state index in [1.165, 1.54) is 32.4 Å². The first-order valence-corrected chi connectivity index (χ1v) is 7.77. The Morgan fingerprint density at radius 1 is 1.22 bits per heavy atom. The van der Waals surface area contributed by atoms with Gasteiger partial charge in [-0.1, -0.05) is 20.8 Å². The average Bonchev–Trinajstić information content (AvgIpc) is 2.40. The van der Waals surface area contributed by atoms with Crippen molar-refractivity contribution in [3.63, 3.8) is 0 Å². The minimum Gasteiger partial charge on any atom is -0.380 e. The topological polar surface area (TPSA) is 24.5 Å². The van der Waals surface area contributed by atoms with Crippen molar-refractivity contribution in [2.24, 2.45) is 11.8 Å². The van der Waals surface area contributed by atoms with Crippen LogP contribution in [-0.2, 0) is 4.74 Å². The second kappa shape index (κ2) is 6.88. The third kappa shape index (κ3) is 3.46. The van der Waals surface area contributed by atoms with Crippen LogP contribution in [-0.4, -0.2) is 49.8 Å². The van der Waals surface area contributed by atoms with E-state index in [0.717, 1.165) is 31.6 Å². The molecule has 3 nitrogen and oxygen atoms in total. The molecule has 0 amide bonds. The molecule has 0 aromatic heterocycles. The molecular formula is C15H30N2O. The second-order valence-electron chi connectivity index (χ2n) is 6.21. The van der Waals surface area contributed by atoms with E-state index in [-0.39, 0.29) is 0 Å². The van der Waals surface area contributed by atoms with Crippen LogP contribution in [0.15, 0.2) is 0 Å². The minimum atomic E-state index is 0.604. The van der Waals surface area contributed by atoms with Gasteiger partial charge in [-0.05, 0) is 50.7 Å². The van der Waals surface area contributed by atoms with Gasteiger partial charge in [0.15, 0.2) is 0 Å². The van der Waals surface area contributed by atoms with E-state index in [2.05, 4.69) is 31.0 Å². The lowest BCUT2D eigenvalue weighted by atomic mass is 9.85. The van der Waals surface area contributed by atoms with E-state index in [1.807, 2.05) is 0 Å². The Kier molecular flexibility index (Phi) is 5.46. The molecule has 1 N–H and O–H groups in total. The largest absolute Gasteiger partial charge is 0.380 e. The van der Waals surface area contributed by atoms with Gasteiger partial charge in [0, 0.05) is 18.7 Å². The van der Waals surface area contributed by atoms with Crippen molar-refractivity contribution in [1.82, 2.24) is 10.2 Å². The number of ether oxygens (including phenoxy) is 1. The summed E-state index contributed by atoms with van der Waals surface area (Å²) < 4.78 is 5.70. The molecule has 0 radical (unpaired) electrons. The second-order valence-corrected chi connectivity index (χ2v) is 6.21. The highest BCUT2D eigenvalue weighted by atomic mass is 16.5. The zero-order chi connectivity index (χ0) is 13.0. The number of piperidine rings is 1. The highest BCUT2D eigenvalue weighted by molar-refractivity contribution is 4.89. The molecule has 2 heterocycles. The standard InChI is InChI=1S/C15H30N2O/c1-4-16-14-7-10-18-11-15(14)17-8-5-13(6-9-17)12(2)3/h12-16H,4-11H2,1-3H3.